The molecule has 0 atom stereocenters. The topological polar surface area (TPSA) is 30.2 Å². The molecular weight excluding hydrogens is 235 g/mol. The largest absolute Gasteiger partial charge is 0.451 e. The van der Waals surface area contributed by atoms with Crippen molar-refractivity contribution < 1.29 is 9.21 Å². The lowest BCUT2D eigenvalue weighted by Crippen LogP contribution is -1.92. The zero-order valence-corrected chi connectivity index (χ0v) is 9.52. The summed E-state index contributed by atoms with van der Waals surface area (Å²) in [6, 6.07) is 5.14. The molecule has 2 nitrogen and oxygen atoms in total. The molecule has 0 amide bonds. The molecule has 0 aliphatic heterocycles. The van der Waals surface area contributed by atoms with E-state index in [-0.39, 0.29) is 5.78 Å². The number of furan rings is 1. The Morgan fingerprint density at radius 1 is 1.40 bits per heavy atom. The third-order valence-electron chi connectivity index (χ3n) is 2.17. The van der Waals surface area contributed by atoms with Gasteiger partial charge in [0.05, 0.1) is 5.02 Å². The number of Topliss-reactive ketones (excluding diaryl/α,β-unsaturated/α-hetero) is 1. The number of carbonyl (C=O) groups is 1. The summed E-state index contributed by atoms with van der Waals surface area (Å²) < 4.78 is 5.37. The fourth-order valence-electron chi connectivity index (χ4n) is 1.36. The third-order valence-corrected chi connectivity index (χ3v) is 2.96. The molecule has 0 bridgehead atoms. The zero-order valence-electron chi connectivity index (χ0n) is 8.01. The van der Waals surface area contributed by atoms with Gasteiger partial charge < -0.3 is 4.42 Å². The smallest absolute Gasteiger partial charge is 0.197 e. The summed E-state index contributed by atoms with van der Waals surface area (Å²) in [7, 11) is 0. The van der Waals surface area contributed by atoms with Crippen molar-refractivity contribution in [3.63, 3.8) is 0 Å². The predicted octanol–water partition coefficient (Wildman–Crippen LogP) is 4.33. The molecule has 1 aromatic heterocycles. The molecule has 0 spiro atoms. The van der Waals surface area contributed by atoms with Crippen LogP contribution in [0.25, 0.3) is 11.0 Å². The maximum Gasteiger partial charge on any atom is 0.197 e. The highest BCUT2D eigenvalue weighted by Gasteiger charge is 2.13. The first-order valence-corrected chi connectivity index (χ1v) is 5.29. The van der Waals surface area contributed by atoms with Gasteiger partial charge in [-0.2, -0.15) is 0 Å². The summed E-state index contributed by atoms with van der Waals surface area (Å²) in [5.41, 5.74) is 0.473. The van der Waals surface area contributed by atoms with Crippen LogP contribution in [0.4, 0.5) is 0 Å². The molecule has 0 aliphatic carbocycles. The number of hydrogen-bond donors (Lipinski definition) is 0. The van der Waals surface area contributed by atoms with Crippen LogP contribution in [0.3, 0.4) is 0 Å². The second-order valence-electron chi connectivity index (χ2n) is 3.17. The van der Waals surface area contributed by atoms with Crippen molar-refractivity contribution in [2.75, 3.05) is 0 Å². The van der Waals surface area contributed by atoms with Gasteiger partial charge in [-0.3, -0.25) is 4.79 Å². The van der Waals surface area contributed by atoms with Crippen LogP contribution in [0.15, 0.2) is 22.6 Å². The van der Waals surface area contributed by atoms with Crippen molar-refractivity contribution in [1.82, 2.24) is 0 Å². The summed E-state index contributed by atoms with van der Waals surface area (Å²) >= 11 is 11.8. The Morgan fingerprint density at radius 3 is 2.80 bits per heavy atom. The first kappa shape index (κ1) is 10.5. The summed E-state index contributed by atoms with van der Waals surface area (Å²) in [6.07, 6.45) is 0.408. The van der Waals surface area contributed by atoms with Crippen molar-refractivity contribution in [3.8, 4) is 0 Å². The first-order valence-electron chi connectivity index (χ1n) is 4.54. The molecule has 0 saturated carbocycles. The molecule has 0 fully saturated rings. The van der Waals surface area contributed by atoms with Crippen molar-refractivity contribution >= 4 is 40.0 Å². The predicted molar refractivity (Wildman–Crippen MR) is 60.9 cm³/mol. The lowest BCUT2D eigenvalue weighted by Gasteiger charge is -1.94. The first-order chi connectivity index (χ1) is 7.13. The molecule has 15 heavy (non-hydrogen) atoms. The number of hydrogen-bond acceptors (Lipinski definition) is 2. The monoisotopic (exact) mass is 242 g/mol. The Bertz CT molecular complexity index is 529. The van der Waals surface area contributed by atoms with Crippen LogP contribution in [0.1, 0.15) is 23.9 Å². The van der Waals surface area contributed by atoms with Crippen molar-refractivity contribution in [1.29, 1.82) is 0 Å². The summed E-state index contributed by atoms with van der Waals surface area (Å²) in [4.78, 5) is 11.4. The van der Waals surface area contributed by atoms with Crippen LogP contribution >= 0.6 is 23.2 Å². The van der Waals surface area contributed by atoms with E-state index < -0.39 is 0 Å². The fraction of sp³-hybridized carbons (Fsp3) is 0.182. The Balaban J connectivity index is 2.66. The number of carbonyl (C=O) groups excluding carboxylic acids is 1. The normalized spacial score (nSPS) is 10.9. The number of ketones is 1. The second kappa shape index (κ2) is 3.87. The number of halogens is 2. The Kier molecular flexibility index (Phi) is 2.72. The van der Waals surface area contributed by atoms with Crippen LogP contribution < -0.4 is 0 Å². The van der Waals surface area contributed by atoms with Gasteiger partial charge in [0.25, 0.3) is 0 Å². The summed E-state index contributed by atoms with van der Waals surface area (Å²) in [5, 5.41) is 1.57. The maximum absolute atomic E-state index is 11.4. The van der Waals surface area contributed by atoms with E-state index in [4.69, 9.17) is 27.6 Å². The molecular formula is C11H8Cl2O2. The van der Waals surface area contributed by atoms with Gasteiger partial charge in [0.1, 0.15) is 5.02 Å². The van der Waals surface area contributed by atoms with E-state index >= 15 is 0 Å². The fourth-order valence-corrected chi connectivity index (χ4v) is 1.72. The molecule has 2 rings (SSSR count). The maximum atomic E-state index is 11.4. The molecule has 0 unspecified atom stereocenters. The highest BCUT2D eigenvalue weighted by Crippen LogP contribution is 2.32. The van der Waals surface area contributed by atoms with Crippen molar-refractivity contribution in [2.24, 2.45) is 0 Å². The SMILES string of the molecule is CCC(=O)c1cc2ccc(Cl)c(Cl)c2o1. The van der Waals surface area contributed by atoms with E-state index in [0.29, 0.717) is 27.8 Å². The molecule has 0 saturated heterocycles. The Morgan fingerprint density at radius 2 is 2.13 bits per heavy atom. The molecule has 0 aliphatic rings. The molecule has 1 aromatic carbocycles. The van der Waals surface area contributed by atoms with Gasteiger partial charge in [0, 0.05) is 11.8 Å². The van der Waals surface area contributed by atoms with Gasteiger partial charge in [0.2, 0.25) is 0 Å². The second-order valence-corrected chi connectivity index (χ2v) is 3.95. The number of benzene rings is 1. The van der Waals surface area contributed by atoms with Crippen LogP contribution in [-0.4, -0.2) is 5.78 Å². The van der Waals surface area contributed by atoms with E-state index in [1.165, 1.54) is 0 Å². The van der Waals surface area contributed by atoms with Gasteiger partial charge in [-0.15, -0.1) is 0 Å². The van der Waals surface area contributed by atoms with Crippen molar-refractivity contribution in [3.05, 3.63) is 34.0 Å². The molecule has 78 valence electrons. The Labute approximate surface area is 96.8 Å². The lowest BCUT2D eigenvalue weighted by atomic mass is 10.2. The average Bonchev–Trinajstić information content (AvgIpc) is 2.67. The van der Waals surface area contributed by atoms with E-state index in [1.807, 2.05) is 0 Å². The van der Waals surface area contributed by atoms with Gasteiger partial charge in [-0.1, -0.05) is 30.1 Å². The van der Waals surface area contributed by atoms with Crippen LogP contribution in [0.5, 0.6) is 0 Å². The van der Waals surface area contributed by atoms with Gasteiger partial charge in [0.15, 0.2) is 17.1 Å². The zero-order chi connectivity index (χ0) is 11.0. The third kappa shape index (κ3) is 1.75. The van der Waals surface area contributed by atoms with E-state index in [2.05, 4.69) is 0 Å². The highest BCUT2D eigenvalue weighted by atomic mass is 35.5. The van der Waals surface area contributed by atoms with E-state index in [0.717, 1.165) is 5.39 Å². The minimum absolute atomic E-state index is 0.0432. The van der Waals surface area contributed by atoms with Crippen LogP contribution in [0, 0.1) is 0 Å². The van der Waals surface area contributed by atoms with Gasteiger partial charge in [-0.25, -0.2) is 0 Å². The molecule has 1 heterocycles. The van der Waals surface area contributed by atoms with Crippen LogP contribution in [-0.2, 0) is 0 Å². The molecule has 4 heteroatoms. The van der Waals surface area contributed by atoms with Crippen LogP contribution in [0.2, 0.25) is 10.0 Å². The summed E-state index contributed by atoms with van der Waals surface area (Å²) in [5.74, 6) is 0.287. The molecule has 0 N–H and O–H groups in total. The van der Waals surface area contributed by atoms with Gasteiger partial charge >= 0.3 is 0 Å². The molecule has 2 aromatic rings. The summed E-state index contributed by atoms with van der Waals surface area (Å²) in [6.45, 7) is 1.78. The quantitative estimate of drug-likeness (QED) is 0.734. The van der Waals surface area contributed by atoms with Gasteiger partial charge in [-0.05, 0) is 18.2 Å². The van der Waals surface area contributed by atoms with E-state index in [9.17, 15) is 4.79 Å². The minimum atomic E-state index is -0.0432. The number of fused-ring (bicyclic) bond motifs is 1. The molecule has 0 radical (unpaired) electrons. The lowest BCUT2D eigenvalue weighted by molar-refractivity contribution is 0.0963. The minimum Gasteiger partial charge on any atom is -0.451 e. The van der Waals surface area contributed by atoms with E-state index in [1.54, 1.807) is 25.1 Å². The highest BCUT2D eigenvalue weighted by molar-refractivity contribution is 6.44. The Hall–Kier alpha value is -0.990. The number of rotatable bonds is 2. The average molecular weight is 243 g/mol. The standard InChI is InChI=1S/C11H8Cl2O2/c1-2-8(14)9-5-6-3-4-7(12)10(13)11(6)15-9/h3-5H,2H2,1H3. The van der Waals surface area contributed by atoms with Crippen molar-refractivity contribution in [2.45, 2.75) is 13.3 Å².